The maximum absolute atomic E-state index is 13.8. The molecule has 5 nitrogen and oxygen atoms in total. The predicted molar refractivity (Wildman–Crippen MR) is 70.6 cm³/mol. The molecule has 0 spiro atoms. The van der Waals surface area contributed by atoms with E-state index in [-0.39, 0.29) is 11.5 Å². The fourth-order valence-electron chi connectivity index (χ4n) is 2.50. The summed E-state index contributed by atoms with van der Waals surface area (Å²) in [6, 6.07) is 1.69. The van der Waals surface area contributed by atoms with Crippen LogP contribution >= 0.6 is 0 Å². The second kappa shape index (κ2) is 6.17. The molecule has 1 heterocycles. The smallest absolute Gasteiger partial charge is 0.325 e. The summed E-state index contributed by atoms with van der Waals surface area (Å²) in [4.78, 5) is 25.9. The van der Waals surface area contributed by atoms with Crippen LogP contribution < -0.4 is 0 Å². The molecule has 1 N–H and O–H groups in total. The summed E-state index contributed by atoms with van der Waals surface area (Å²) in [5.41, 5.74) is -0.0693. The number of benzene rings is 1. The summed E-state index contributed by atoms with van der Waals surface area (Å²) in [7, 11) is 0. The highest BCUT2D eigenvalue weighted by Crippen LogP contribution is 2.25. The molecule has 0 aliphatic carbocycles. The van der Waals surface area contributed by atoms with Crippen LogP contribution in [-0.4, -0.2) is 53.0 Å². The van der Waals surface area contributed by atoms with Gasteiger partial charge in [-0.05, 0) is 6.07 Å². The molecule has 21 heavy (non-hydrogen) atoms. The van der Waals surface area contributed by atoms with E-state index in [0.29, 0.717) is 32.2 Å². The highest BCUT2D eigenvalue weighted by Gasteiger charge is 2.32. The van der Waals surface area contributed by atoms with E-state index in [1.165, 1.54) is 6.92 Å². The van der Waals surface area contributed by atoms with Crippen LogP contribution in [-0.2, 0) is 9.59 Å². The SMILES string of the molecule is CC(=O)N1CCN(C(C(=O)O)c2ccc(F)cc2F)CC1. The zero-order valence-electron chi connectivity index (χ0n) is 11.6. The molecule has 1 unspecified atom stereocenters. The Balaban J connectivity index is 2.21. The lowest BCUT2D eigenvalue weighted by atomic mass is 10.0. The average molecular weight is 298 g/mol. The number of carbonyl (C=O) groups excluding carboxylic acids is 1. The molecule has 0 saturated carbocycles. The fraction of sp³-hybridized carbons (Fsp3) is 0.429. The van der Waals surface area contributed by atoms with Crippen molar-refractivity contribution in [2.45, 2.75) is 13.0 Å². The van der Waals surface area contributed by atoms with Gasteiger partial charge in [-0.1, -0.05) is 6.07 Å². The highest BCUT2D eigenvalue weighted by atomic mass is 19.1. The Morgan fingerprint density at radius 1 is 1.19 bits per heavy atom. The van der Waals surface area contributed by atoms with E-state index in [1.54, 1.807) is 9.80 Å². The van der Waals surface area contributed by atoms with Gasteiger partial charge >= 0.3 is 5.97 Å². The molecule has 7 heteroatoms. The van der Waals surface area contributed by atoms with Crippen molar-refractivity contribution in [1.82, 2.24) is 9.80 Å². The summed E-state index contributed by atoms with van der Waals surface area (Å²) in [6.45, 7) is 2.88. The molecule has 1 fully saturated rings. The first-order chi connectivity index (χ1) is 9.90. The topological polar surface area (TPSA) is 60.9 Å². The van der Waals surface area contributed by atoms with Crippen molar-refractivity contribution in [3.05, 3.63) is 35.4 Å². The van der Waals surface area contributed by atoms with Gasteiger partial charge in [-0.25, -0.2) is 8.78 Å². The largest absolute Gasteiger partial charge is 0.480 e. The quantitative estimate of drug-likeness (QED) is 0.912. The Hall–Kier alpha value is -2.02. The van der Waals surface area contributed by atoms with E-state index >= 15 is 0 Å². The van der Waals surface area contributed by atoms with Gasteiger partial charge in [-0.15, -0.1) is 0 Å². The summed E-state index contributed by atoms with van der Waals surface area (Å²) < 4.78 is 26.8. The van der Waals surface area contributed by atoms with Crippen LogP contribution in [0, 0.1) is 11.6 Å². The second-order valence-corrected chi connectivity index (χ2v) is 4.95. The minimum Gasteiger partial charge on any atom is -0.480 e. The molecule has 1 atom stereocenters. The third-order valence-corrected chi connectivity index (χ3v) is 3.62. The van der Waals surface area contributed by atoms with Crippen molar-refractivity contribution in [3.63, 3.8) is 0 Å². The van der Waals surface area contributed by atoms with E-state index in [9.17, 15) is 23.5 Å². The minimum atomic E-state index is -1.20. The number of carboxylic acids is 1. The molecule has 1 aliphatic heterocycles. The monoisotopic (exact) mass is 298 g/mol. The van der Waals surface area contributed by atoms with E-state index < -0.39 is 23.6 Å². The summed E-state index contributed by atoms with van der Waals surface area (Å²) in [5, 5.41) is 9.37. The van der Waals surface area contributed by atoms with Crippen LogP contribution in [0.4, 0.5) is 8.78 Å². The number of amides is 1. The van der Waals surface area contributed by atoms with Gasteiger partial charge in [0, 0.05) is 44.7 Å². The maximum Gasteiger partial charge on any atom is 0.325 e. The zero-order valence-corrected chi connectivity index (χ0v) is 11.6. The molecule has 2 rings (SSSR count). The third kappa shape index (κ3) is 3.36. The third-order valence-electron chi connectivity index (χ3n) is 3.62. The van der Waals surface area contributed by atoms with Crippen LogP contribution in [0.1, 0.15) is 18.5 Å². The number of rotatable bonds is 3. The molecular formula is C14H16F2N2O3. The first kappa shape index (κ1) is 15.4. The van der Waals surface area contributed by atoms with E-state index in [1.807, 2.05) is 0 Å². The Morgan fingerprint density at radius 2 is 1.81 bits per heavy atom. The molecule has 0 bridgehead atoms. The number of hydrogen-bond acceptors (Lipinski definition) is 3. The van der Waals surface area contributed by atoms with Gasteiger partial charge < -0.3 is 10.0 Å². The van der Waals surface area contributed by atoms with E-state index in [0.717, 1.165) is 12.1 Å². The summed E-state index contributed by atoms with van der Waals surface area (Å²) in [5.74, 6) is -2.90. The zero-order chi connectivity index (χ0) is 15.6. The van der Waals surface area contributed by atoms with Gasteiger partial charge in [0.25, 0.3) is 0 Å². The van der Waals surface area contributed by atoms with Crippen molar-refractivity contribution in [3.8, 4) is 0 Å². The number of hydrogen-bond donors (Lipinski definition) is 1. The van der Waals surface area contributed by atoms with Crippen molar-refractivity contribution in [2.75, 3.05) is 26.2 Å². The van der Waals surface area contributed by atoms with Gasteiger partial charge in [-0.2, -0.15) is 0 Å². The Morgan fingerprint density at radius 3 is 2.29 bits per heavy atom. The van der Waals surface area contributed by atoms with Crippen LogP contribution in [0.2, 0.25) is 0 Å². The summed E-state index contributed by atoms with van der Waals surface area (Å²) >= 11 is 0. The van der Waals surface area contributed by atoms with Crippen LogP contribution in [0.5, 0.6) is 0 Å². The predicted octanol–water partition coefficient (Wildman–Crippen LogP) is 1.25. The molecule has 0 radical (unpaired) electrons. The lowest BCUT2D eigenvalue weighted by Gasteiger charge is -2.37. The standard InChI is InChI=1S/C14H16F2N2O3/c1-9(19)17-4-6-18(7-5-17)13(14(20)21)11-3-2-10(15)8-12(11)16/h2-3,8,13H,4-7H2,1H3,(H,20,21). The first-order valence-corrected chi connectivity index (χ1v) is 6.57. The van der Waals surface area contributed by atoms with Crippen LogP contribution in [0.25, 0.3) is 0 Å². The van der Waals surface area contributed by atoms with Crippen molar-refractivity contribution >= 4 is 11.9 Å². The van der Waals surface area contributed by atoms with Gasteiger partial charge in [0.15, 0.2) is 0 Å². The maximum atomic E-state index is 13.8. The van der Waals surface area contributed by atoms with Gasteiger partial charge in [0.1, 0.15) is 17.7 Å². The summed E-state index contributed by atoms with van der Waals surface area (Å²) in [6.07, 6.45) is 0. The normalized spacial score (nSPS) is 17.6. The molecule has 0 aromatic heterocycles. The Kier molecular flexibility index (Phi) is 4.52. The molecule has 1 aromatic carbocycles. The number of halogens is 2. The van der Waals surface area contributed by atoms with Crippen LogP contribution in [0.3, 0.4) is 0 Å². The van der Waals surface area contributed by atoms with Crippen molar-refractivity contribution in [1.29, 1.82) is 0 Å². The van der Waals surface area contributed by atoms with Gasteiger partial charge in [0.2, 0.25) is 5.91 Å². The first-order valence-electron chi connectivity index (χ1n) is 6.57. The van der Waals surface area contributed by atoms with Crippen molar-refractivity contribution < 1.29 is 23.5 Å². The van der Waals surface area contributed by atoms with E-state index in [2.05, 4.69) is 0 Å². The van der Waals surface area contributed by atoms with Gasteiger partial charge in [0.05, 0.1) is 0 Å². The Labute approximate surface area is 120 Å². The lowest BCUT2D eigenvalue weighted by molar-refractivity contribution is -0.145. The molecular weight excluding hydrogens is 282 g/mol. The molecule has 1 saturated heterocycles. The number of carboxylic acid groups (broad SMARTS) is 1. The lowest BCUT2D eigenvalue weighted by Crippen LogP contribution is -2.50. The van der Waals surface area contributed by atoms with Crippen molar-refractivity contribution in [2.24, 2.45) is 0 Å². The molecule has 1 aromatic rings. The average Bonchev–Trinajstić information content (AvgIpc) is 2.42. The highest BCUT2D eigenvalue weighted by molar-refractivity contribution is 5.76. The number of carbonyl (C=O) groups is 2. The molecule has 1 amide bonds. The second-order valence-electron chi connectivity index (χ2n) is 4.95. The molecule has 1 aliphatic rings. The minimum absolute atomic E-state index is 0.0693. The fourth-order valence-corrected chi connectivity index (χ4v) is 2.50. The number of piperazine rings is 1. The number of nitrogens with zero attached hydrogens (tertiary/aromatic N) is 2. The van der Waals surface area contributed by atoms with Crippen LogP contribution in [0.15, 0.2) is 18.2 Å². The Bertz CT molecular complexity index is 557. The number of aliphatic carboxylic acids is 1. The van der Waals surface area contributed by atoms with Gasteiger partial charge in [-0.3, -0.25) is 14.5 Å². The molecule has 114 valence electrons. The van der Waals surface area contributed by atoms with E-state index in [4.69, 9.17) is 0 Å².